The van der Waals surface area contributed by atoms with Crippen molar-refractivity contribution in [2.75, 3.05) is 5.32 Å². The number of hydrogen-bond acceptors (Lipinski definition) is 4. The smallest absolute Gasteiger partial charge is 0.296 e. The number of phenolic OH excluding ortho intramolecular Hbond substituents is 1. The topological polar surface area (TPSA) is 92.5 Å². The number of benzene rings is 2. The summed E-state index contributed by atoms with van der Waals surface area (Å²) in [5, 5.41) is 22.9. The van der Waals surface area contributed by atoms with Gasteiger partial charge in [-0.15, -0.1) is 0 Å². The van der Waals surface area contributed by atoms with Crippen LogP contribution in [-0.2, 0) is 11.2 Å². The molecule has 0 heterocycles. The van der Waals surface area contributed by atoms with E-state index in [4.69, 9.17) is 0 Å². The van der Waals surface area contributed by atoms with E-state index in [1.165, 1.54) is 18.2 Å². The van der Waals surface area contributed by atoms with Crippen LogP contribution in [0.4, 0.5) is 11.4 Å². The number of nitro benzene ring substituents is 1. The van der Waals surface area contributed by atoms with Crippen molar-refractivity contribution in [1.82, 2.24) is 0 Å². The van der Waals surface area contributed by atoms with E-state index in [1.54, 1.807) is 24.3 Å². The van der Waals surface area contributed by atoms with Gasteiger partial charge in [0.05, 0.1) is 11.3 Å². The molecule has 2 aromatic rings. The summed E-state index contributed by atoms with van der Waals surface area (Å²) in [6.45, 7) is 0. The van der Waals surface area contributed by atoms with E-state index in [2.05, 4.69) is 5.32 Å². The van der Waals surface area contributed by atoms with Crippen LogP contribution in [0.2, 0.25) is 0 Å². The van der Waals surface area contributed by atoms with Crippen LogP contribution in [0.15, 0.2) is 48.5 Å². The summed E-state index contributed by atoms with van der Waals surface area (Å²) < 4.78 is 0. The van der Waals surface area contributed by atoms with Crippen LogP contribution in [-0.4, -0.2) is 15.9 Å². The average molecular weight is 272 g/mol. The first kappa shape index (κ1) is 13.5. The molecule has 102 valence electrons. The van der Waals surface area contributed by atoms with Gasteiger partial charge in [0.2, 0.25) is 5.91 Å². The summed E-state index contributed by atoms with van der Waals surface area (Å²) in [5.74, 6) is -0.763. The largest absolute Gasteiger partial charge is 0.505 e. The Hall–Kier alpha value is -2.89. The van der Waals surface area contributed by atoms with Gasteiger partial charge in [0.25, 0.3) is 5.69 Å². The molecule has 0 atom stereocenters. The Morgan fingerprint density at radius 1 is 1.15 bits per heavy atom. The fraction of sp³-hybridized carbons (Fsp3) is 0.0714. The minimum Gasteiger partial charge on any atom is -0.505 e. The second-order valence-electron chi connectivity index (χ2n) is 4.14. The zero-order valence-corrected chi connectivity index (χ0v) is 10.4. The molecule has 0 aromatic heterocycles. The predicted octanol–water partition coefficient (Wildman–Crippen LogP) is 2.48. The third-order valence-corrected chi connectivity index (χ3v) is 2.69. The molecule has 20 heavy (non-hydrogen) atoms. The number of rotatable bonds is 4. The molecule has 6 heteroatoms. The first-order valence-corrected chi connectivity index (χ1v) is 5.88. The monoisotopic (exact) mass is 272 g/mol. The molecule has 0 fully saturated rings. The van der Waals surface area contributed by atoms with Gasteiger partial charge in [0.1, 0.15) is 5.75 Å². The van der Waals surface area contributed by atoms with Gasteiger partial charge in [-0.2, -0.15) is 0 Å². The fourth-order valence-corrected chi connectivity index (χ4v) is 1.77. The zero-order valence-electron chi connectivity index (χ0n) is 10.4. The van der Waals surface area contributed by atoms with Crippen LogP contribution >= 0.6 is 0 Å². The number of nitrogens with zero attached hydrogens (tertiary/aromatic N) is 1. The quantitative estimate of drug-likeness (QED) is 0.508. The summed E-state index contributed by atoms with van der Waals surface area (Å²) in [6, 6.07) is 12.8. The Morgan fingerprint density at radius 2 is 1.85 bits per heavy atom. The van der Waals surface area contributed by atoms with Crippen molar-refractivity contribution in [1.29, 1.82) is 0 Å². The number of anilines is 1. The Kier molecular flexibility index (Phi) is 3.95. The van der Waals surface area contributed by atoms with Gasteiger partial charge in [-0.3, -0.25) is 14.9 Å². The third kappa shape index (κ3) is 3.11. The number of hydrogen-bond donors (Lipinski definition) is 2. The number of nitro groups is 1. The number of nitrogens with one attached hydrogen (secondary N) is 1. The molecular formula is C14H12N2O4. The number of carbonyl (C=O) groups excluding carboxylic acids is 1. The maximum atomic E-state index is 11.9. The van der Waals surface area contributed by atoms with Crippen LogP contribution in [0.5, 0.6) is 5.75 Å². The summed E-state index contributed by atoms with van der Waals surface area (Å²) >= 11 is 0. The van der Waals surface area contributed by atoms with Crippen LogP contribution in [0.3, 0.4) is 0 Å². The molecule has 0 radical (unpaired) electrons. The van der Waals surface area contributed by atoms with Crippen molar-refractivity contribution < 1.29 is 14.8 Å². The number of aromatic hydroxyl groups is 1. The molecular weight excluding hydrogens is 260 g/mol. The molecule has 0 spiro atoms. The Morgan fingerprint density at radius 3 is 2.50 bits per heavy atom. The predicted molar refractivity (Wildman–Crippen MR) is 73.5 cm³/mol. The third-order valence-electron chi connectivity index (χ3n) is 2.69. The van der Waals surface area contributed by atoms with E-state index in [9.17, 15) is 20.0 Å². The Labute approximate surface area is 114 Å². The SMILES string of the molecule is O=C(Cc1ccccc1)Nc1c(O)cccc1[N+](=O)[O-]. The van der Waals surface area contributed by atoms with Crippen LogP contribution in [0, 0.1) is 10.1 Å². The number of para-hydroxylation sites is 1. The van der Waals surface area contributed by atoms with Crippen LogP contribution in [0.1, 0.15) is 5.56 Å². The van der Waals surface area contributed by atoms with Gasteiger partial charge in [0, 0.05) is 6.07 Å². The molecule has 0 aliphatic carbocycles. The normalized spacial score (nSPS) is 10.0. The van der Waals surface area contributed by atoms with Gasteiger partial charge in [-0.05, 0) is 11.6 Å². The molecule has 0 bridgehead atoms. The van der Waals surface area contributed by atoms with E-state index in [-0.39, 0.29) is 23.5 Å². The van der Waals surface area contributed by atoms with Crippen molar-refractivity contribution in [3.8, 4) is 5.75 Å². The van der Waals surface area contributed by atoms with Gasteiger partial charge in [0.15, 0.2) is 5.69 Å². The standard InChI is InChI=1S/C14H12N2O4/c17-12-8-4-7-11(16(19)20)14(12)15-13(18)9-10-5-2-1-3-6-10/h1-8,17H,9H2,(H,15,18). The Bertz CT molecular complexity index is 641. The molecule has 6 nitrogen and oxygen atoms in total. The van der Waals surface area contributed by atoms with Crippen LogP contribution < -0.4 is 5.32 Å². The summed E-state index contributed by atoms with van der Waals surface area (Å²) in [5.41, 5.74) is 0.257. The highest BCUT2D eigenvalue weighted by atomic mass is 16.6. The summed E-state index contributed by atoms with van der Waals surface area (Å²) in [7, 11) is 0. The molecule has 1 amide bonds. The van der Waals surface area contributed by atoms with E-state index in [0.717, 1.165) is 5.56 Å². The highest BCUT2D eigenvalue weighted by molar-refractivity contribution is 5.96. The van der Waals surface area contributed by atoms with Gasteiger partial charge < -0.3 is 10.4 Å². The highest BCUT2D eigenvalue weighted by Crippen LogP contribution is 2.33. The fourth-order valence-electron chi connectivity index (χ4n) is 1.77. The lowest BCUT2D eigenvalue weighted by Gasteiger charge is -2.07. The first-order valence-electron chi connectivity index (χ1n) is 5.88. The van der Waals surface area contributed by atoms with Gasteiger partial charge >= 0.3 is 0 Å². The summed E-state index contributed by atoms with van der Waals surface area (Å²) in [6.07, 6.45) is 0.0757. The molecule has 2 aromatic carbocycles. The number of phenols is 1. The lowest BCUT2D eigenvalue weighted by atomic mass is 10.1. The van der Waals surface area contributed by atoms with E-state index >= 15 is 0 Å². The van der Waals surface area contributed by atoms with Crippen molar-refractivity contribution in [2.24, 2.45) is 0 Å². The molecule has 0 saturated carbocycles. The maximum absolute atomic E-state index is 11.9. The van der Waals surface area contributed by atoms with Gasteiger partial charge in [-0.25, -0.2) is 0 Å². The van der Waals surface area contributed by atoms with Crippen LogP contribution in [0.25, 0.3) is 0 Å². The van der Waals surface area contributed by atoms with E-state index < -0.39 is 10.8 Å². The number of carbonyl (C=O) groups is 1. The minimum absolute atomic E-state index is 0.0757. The number of amides is 1. The lowest BCUT2D eigenvalue weighted by Crippen LogP contribution is -2.15. The molecule has 0 saturated heterocycles. The second-order valence-corrected chi connectivity index (χ2v) is 4.14. The van der Waals surface area contributed by atoms with E-state index in [0.29, 0.717) is 0 Å². The lowest BCUT2D eigenvalue weighted by molar-refractivity contribution is -0.384. The van der Waals surface area contributed by atoms with Crippen molar-refractivity contribution in [2.45, 2.75) is 6.42 Å². The Balaban J connectivity index is 2.18. The second kappa shape index (κ2) is 5.83. The summed E-state index contributed by atoms with van der Waals surface area (Å²) in [4.78, 5) is 22.1. The molecule has 2 N–H and O–H groups in total. The van der Waals surface area contributed by atoms with Crippen molar-refractivity contribution in [3.05, 3.63) is 64.2 Å². The average Bonchev–Trinajstić information content (AvgIpc) is 2.42. The zero-order chi connectivity index (χ0) is 14.5. The van der Waals surface area contributed by atoms with Crippen molar-refractivity contribution in [3.63, 3.8) is 0 Å². The molecule has 0 aliphatic rings. The minimum atomic E-state index is -0.655. The highest BCUT2D eigenvalue weighted by Gasteiger charge is 2.19. The molecule has 0 unspecified atom stereocenters. The van der Waals surface area contributed by atoms with E-state index in [1.807, 2.05) is 6.07 Å². The molecule has 2 rings (SSSR count). The maximum Gasteiger partial charge on any atom is 0.296 e. The van der Waals surface area contributed by atoms with Gasteiger partial charge in [-0.1, -0.05) is 36.4 Å². The first-order chi connectivity index (χ1) is 9.58. The molecule has 0 aliphatic heterocycles. The van der Waals surface area contributed by atoms with Crippen molar-refractivity contribution >= 4 is 17.3 Å².